The van der Waals surface area contributed by atoms with E-state index in [1.807, 2.05) is 32.0 Å². The molecule has 100 valence electrons. The molecule has 1 rings (SSSR count). The molecule has 0 aliphatic rings. The van der Waals surface area contributed by atoms with Gasteiger partial charge in [-0.2, -0.15) is 0 Å². The van der Waals surface area contributed by atoms with Crippen molar-refractivity contribution in [3.05, 3.63) is 29.3 Å². The lowest BCUT2D eigenvalue weighted by Crippen LogP contribution is -2.09. The van der Waals surface area contributed by atoms with Gasteiger partial charge in [-0.25, -0.2) is 0 Å². The maximum absolute atomic E-state index is 11.0. The van der Waals surface area contributed by atoms with E-state index in [1.54, 1.807) is 0 Å². The Kier molecular flexibility index (Phi) is 5.69. The molecule has 18 heavy (non-hydrogen) atoms. The van der Waals surface area contributed by atoms with Crippen molar-refractivity contribution in [3.8, 4) is 5.75 Å². The smallest absolute Gasteiger partial charge is 0.303 e. The van der Waals surface area contributed by atoms with E-state index >= 15 is 0 Å². The van der Waals surface area contributed by atoms with Crippen LogP contribution in [0.4, 0.5) is 0 Å². The van der Waals surface area contributed by atoms with E-state index in [0.717, 1.165) is 29.7 Å². The number of benzene rings is 1. The van der Waals surface area contributed by atoms with Crippen molar-refractivity contribution in [2.45, 2.75) is 46.0 Å². The predicted octanol–water partition coefficient (Wildman–Crippen LogP) is 3.75. The number of rotatable bonds is 7. The van der Waals surface area contributed by atoms with E-state index in [-0.39, 0.29) is 12.3 Å². The average molecular weight is 250 g/mol. The molecule has 1 aromatic rings. The molecule has 0 radical (unpaired) electrons. The Morgan fingerprint density at radius 2 is 2.11 bits per heavy atom. The van der Waals surface area contributed by atoms with Crippen LogP contribution in [0.15, 0.2) is 18.2 Å². The Morgan fingerprint density at radius 3 is 2.67 bits per heavy atom. The first kappa shape index (κ1) is 14.6. The minimum atomic E-state index is -0.752. The van der Waals surface area contributed by atoms with Gasteiger partial charge in [-0.3, -0.25) is 4.79 Å². The SMILES string of the molecule is CCCC(CC(=O)O)c1cc(C)ccc1OCC. The summed E-state index contributed by atoms with van der Waals surface area (Å²) in [5.74, 6) is 0.106. The first-order valence-corrected chi connectivity index (χ1v) is 6.53. The Hall–Kier alpha value is -1.51. The third-order valence-corrected chi connectivity index (χ3v) is 2.96. The van der Waals surface area contributed by atoms with Crippen LogP contribution in [0.5, 0.6) is 5.75 Å². The number of aliphatic carboxylic acids is 1. The van der Waals surface area contributed by atoms with Gasteiger partial charge in [0.1, 0.15) is 5.75 Å². The fraction of sp³-hybridized carbons (Fsp3) is 0.533. The monoisotopic (exact) mass is 250 g/mol. The number of carboxylic acids is 1. The van der Waals surface area contributed by atoms with Crippen molar-refractivity contribution in [1.82, 2.24) is 0 Å². The molecule has 1 atom stereocenters. The van der Waals surface area contributed by atoms with Gasteiger partial charge in [0.05, 0.1) is 13.0 Å². The summed E-state index contributed by atoms with van der Waals surface area (Å²) in [6.45, 7) is 6.63. The van der Waals surface area contributed by atoms with Gasteiger partial charge in [0.15, 0.2) is 0 Å². The van der Waals surface area contributed by atoms with E-state index in [1.165, 1.54) is 0 Å². The number of ether oxygens (including phenoxy) is 1. The van der Waals surface area contributed by atoms with Gasteiger partial charge in [-0.05, 0) is 37.8 Å². The van der Waals surface area contributed by atoms with Crippen molar-refractivity contribution >= 4 is 5.97 Å². The fourth-order valence-corrected chi connectivity index (χ4v) is 2.20. The molecule has 1 aromatic carbocycles. The highest BCUT2D eigenvalue weighted by Gasteiger charge is 2.19. The maximum Gasteiger partial charge on any atom is 0.303 e. The van der Waals surface area contributed by atoms with Crippen molar-refractivity contribution < 1.29 is 14.6 Å². The van der Waals surface area contributed by atoms with Gasteiger partial charge in [0, 0.05) is 0 Å². The molecular weight excluding hydrogens is 228 g/mol. The Labute approximate surface area is 109 Å². The second-order valence-electron chi connectivity index (χ2n) is 4.56. The molecule has 0 saturated heterocycles. The summed E-state index contributed by atoms with van der Waals surface area (Å²) in [4.78, 5) is 11.0. The van der Waals surface area contributed by atoms with Crippen LogP contribution < -0.4 is 4.74 Å². The summed E-state index contributed by atoms with van der Waals surface area (Å²) >= 11 is 0. The Morgan fingerprint density at radius 1 is 1.39 bits per heavy atom. The largest absolute Gasteiger partial charge is 0.494 e. The number of hydrogen-bond donors (Lipinski definition) is 1. The second-order valence-corrected chi connectivity index (χ2v) is 4.56. The van der Waals surface area contributed by atoms with Gasteiger partial charge in [-0.1, -0.05) is 31.0 Å². The molecule has 0 saturated carbocycles. The molecule has 0 aromatic heterocycles. The standard InChI is InChI=1S/C15H22O3/c1-4-6-12(10-15(16)17)13-9-11(3)7-8-14(13)18-5-2/h7-9,12H,4-6,10H2,1-3H3,(H,16,17). The maximum atomic E-state index is 11.0. The Balaban J connectivity index is 3.06. The van der Waals surface area contributed by atoms with Gasteiger partial charge in [0.2, 0.25) is 0 Å². The lowest BCUT2D eigenvalue weighted by molar-refractivity contribution is -0.137. The van der Waals surface area contributed by atoms with E-state index in [4.69, 9.17) is 9.84 Å². The molecule has 1 unspecified atom stereocenters. The topological polar surface area (TPSA) is 46.5 Å². The lowest BCUT2D eigenvalue weighted by atomic mass is 9.90. The summed E-state index contributed by atoms with van der Waals surface area (Å²) in [6, 6.07) is 5.99. The molecule has 0 spiro atoms. The molecule has 0 bridgehead atoms. The molecule has 3 nitrogen and oxygen atoms in total. The summed E-state index contributed by atoms with van der Waals surface area (Å²) in [7, 11) is 0. The molecule has 0 heterocycles. The van der Waals surface area contributed by atoms with Gasteiger partial charge >= 0.3 is 5.97 Å². The van der Waals surface area contributed by atoms with Crippen molar-refractivity contribution in [2.75, 3.05) is 6.61 Å². The lowest BCUT2D eigenvalue weighted by Gasteiger charge is -2.19. The van der Waals surface area contributed by atoms with Crippen molar-refractivity contribution in [3.63, 3.8) is 0 Å². The normalized spacial score (nSPS) is 12.2. The van der Waals surface area contributed by atoms with Crippen LogP contribution in [0.2, 0.25) is 0 Å². The number of carbonyl (C=O) groups is 1. The van der Waals surface area contributed by atoms with Crippen molar-refractivity contribution in [1.29, 1.82) is 0 Å². The third-order valence-electron chi connectivity index (χ3n) is 2.96. The van der Waals surface area contributed by atoms with Crippen LogP contribution in [-0.4, -0.2) is 17.7 Å². The molecule has 0 aliphatic heterocycles. The zero-order chi connectivity index (χ0) is 13.5. The summed E-state index contributed by atoms with van der Waals surface area (Å²) < 4.78 is 5.61. The second kappa shape index (κ2) is 7.04. The van der Waals surface area contributed by atoms with E-state index in [9.17, 15) is 4.79 Å². The van der Waals surface area contributed by atoms with E-state index in [2.05, 4.69) is 6.92 Å². The predicted molar refractivity (Wildman–Crippen MR) is 72.2 cm³/mol. The zero-order valence-corrected chi connectivity index (χ0v) is 11.4. The van der Waals surface area contributed by atoms with Crippen LogP contribution in [0.3, 0.4) is 0 Å². The van der Waals surface area contributed by atoms with Crippen molar-refractivity contribution in [2.24, 2.45) is 0 Å². The number of hydrogen-bond acceptors (Lipinski definition) is 2. The van der Waals surface area contributed by atoms with Crippen LogP contribution in [0.1, 0.15) is 50.2 Å². The first-order valence-electron chi connectivity index (χ1n) is 6.53. The average Bonchev–Trinajstić information content (AvgIpc) is 2.30. The summed E-state index contributed by atoms with van der Waals surface area (Å²) in [5, 5.41) is 9.02. The highest BCUT2D eigenvalue weighted by molar-refractivity contribution is 5.68. The molecule has 1 N–H and O–H groups in total. The van der Waals surface area contributed by atoms with Crippen LogP contribution in [-0.2, 0) is 4.79 Å². The minimum absolute atomic E-state index is 0.0361. The van der Waals surface area contributed by atoms with Crippen LogP contribution >= 0.6 is 0 Å². The zero-order valence-electron chi connectivity index (χ0n) is 11.4. The van der Waals surface area contributed by atoms with Crippen LogP contribution in [0.25, 0.3) is 0 Å². The Bertz CT molecular complexity index is 399. The molecule has 3 heteroatoms. The molecule has 0 fully saturated rings. The first-order chi connectivity index (χ1) is 8.58. The summed E-state index contributed by atoms with van der Waals surface area (Å²) in [6.07, 6.45) is 2.00. The third kappa shape index (κ3) is 4.06. The van der Waals surface area contributed by atoms with Gasteiger partial charge in [0.25, 0.3) is 0 Å². The molecule has 0 aliphatic carbocycles. The molecule has 0 amide bonds. The quantitative estimate of drug-likeness (QED) is 0.801. The van der Waals surface area contributed by atoms with Gasteiger partial charge in [-0.15, -0.1) is 0 Å². The van der Waals surface area contributed by atoms with E-state index < -0.39 is 5.97 Å². The summed E-state index contributed by atoms with van der Waals surface area (Å²) in [5.41, 5.74) is 2.17. The van der Waals surface area contributed by atoms with Gasteiger partial charge < -0.3 is 9.84 Å². The van der Waals surface area contributed by atoms with E-state index in [0.29, 0.717) is 6.61 Å². The molecular formula is C15H22O3. The fourth-order valence-electron chi connectivity index (χ4n) is 2.20. The number of aryl methyl sites for hydroxylation is 1. The minimum Gasteiger partial charge on any atom is -0.494 e. The van der Waals surface area contributed by atoms with Crippen LogP contribution in [0, 0.1) is 6.92 Å². The number of carboxylic acid groups (broad SMARTS) is 1. The highest BCUT2D eigenvalue weighted by Crippen LogP contribution is 2.33. The highest BCUT2D eigenvalue weighted by atomic mass is 16.5.